The zero-order chi connectivity index (χ0) is 24.5. The van der Waals surface area contributed by atoms with E-state index in [4.69, 9.17) is 4.98 Å². The molecule has 0 unspecified atom stereocenters. The molecule has 5 rings (SSSR count). The zero-order valence-corrected chi connectivity index (χ0v) is 20.2. The molecular formula is C25H24N6O3S. The Bertz CT molecular complexity index is 1720. The van der Waals surface area contributed by atoms with Crippen LogP contribution in [0.5, 0.6) is 0 Å². The van der Waals surface area contributed by atoms with Crippen molar-refractivity contribution in [2.24, 2.45) is 14.1 Å². The first kappa shape index (κ1) is 22.9. The first-order valence-electron chi connectivity index (χ1n) is 11.2. The summed E-state index contributed by atoms with van der Waals surface area (Å²) in [7, 11) is 3.35. The number of hydrogen-bond donors (Lipinski definition) is 0. The van der Waals surface area contributed by atoms with Gasteiger partial charge in [0.2, 0.25) is 0 Å². The summed E-state index contributed by atoms with van der Waals surface area (Å²) < 4.78 is 5.96. The molecule has 0 fully saturated rings. The number of benzene rings is 2. The van der Waals surface area contributed by atoms with Crippen molar-refractivity contribution in [3.63, 3.8) is 0 Å². The molecule has 0 saturated carbocycles. The van der Waals surface area contributed by atoms with Gasteiger partial charge in [-0.1, -0.05) is 54.2 Å². The number of para-hydroxylation sites is 1. The highest BCUT2D eigenvalue weighted by Gasteiger charge is 2.15. The maximum atomic E-state index is 13.3. The second-order valence-electron chi connectivity index (χ2n) is 8.32. The number of fused-ring (bicyclic) bond motifs is 2. The van der Waals surface area contributed by atoms with Gasteiger partial charge in [0.1, 0.15) is 0 Å². The predicted octanol–water partition coefficient (Wildman–Crippen LogP) is 2.37. The van der Waals surface area contributed by atoms with Gasteiger partial charge in [0, 0.05) is 26.4 Å². The number of imidazole rings is 1. The molecule has 0 saturated heterocycles. The minimum absolute atomic E-state index is 0.0892. The highest BCUT2D eigenvalue weighted by molar-refractivity contribution is 7.99. The van der Waals surface area contributed by atoms with Crippen molar-refractivity contribution in [1.29, 1.82) is 0 Å². The van der Waals surface area contributed by atoms with Crippen LogP contribution in [0.1, 0.15) is 12.0 Å². The monoisotopic (exact) mass is 488 g/mol. The Morgan fingerprint density at radius 1 is 0.886 bits per heavy atom. The van der Waals surface area contributed by atoms with Gasteiger partial charge >= 0.3 is 5.69 Å². The van der Waals surface area contributed by atoms with Gasteiger partial charge in [0.15, 0.2) is 16.3 Å². The molecule has 5 aromatic rings. The molecule has 0 amide bonds. The molecule has 3 aromatic heterocycles. The summed E-state index contributed by atoms with van der Waals surface area (Å²) in [5, 5.41) is 1.19. The molecule has 2 aromatic carbocycles. The summed E-state index contributed by atoms with van der Waals surface area (Å²) in [4.78, 5) is 47.8. The summed E-state index contributed by atoms with van der Waals surface area (Å²) in [6, 6.07) is 17.1. The molecule has 0 bridgehead atoms. The molecule has 0 atom stereocenters. The molecular weight excluding hydrogens is 464 g/mol. The highest BCUT2D eigenvalue weighted by Crippen LogP contribution is 2.20. The number of aryl methyl sites for hydroxylation is 2. The Kier molecular flexibility index (Phi) is 6.12. The quantitative estimate of drug-likeness (QED) is 0.198. The van der Waals surface area contributed by atoms with Crippen LogP contribution >= 0.6 is 11.8 Å². The van der Waals surface area contributed by atoms with Crippen LogP contribution in [-0.2, 0) is 27.2 Å². The van der Waals surface area contributed by atoms with Crippen molar-refractivity contribution >= 4 is 33.8 Å². The lowest BCUT2D eigenvalue weighted by molar-refractivity contribution is 0.593. The Morgan fingerprint density at radius 3 is 2.43 bits per heavy atom. The zero-order valence-electron chi connectivity index (χ0n) is 19.4. The van der Waals surface area contributed by atoms with Crippen LogP contribution < -0.4 is 16.8 Å². The molecule has 0 spiro atoms. The first-order valence-corrected chi connectivity index (χ1v) is 12.2. The lowest BCUT2D eigenvalue weighted by atomic mass is 10.2. The predicted molar refractivity (Wildman–Crippen MR) is 137 cm³/mol. The van der Waals surface area contributed by atoms with Gasteiger partial charge in [-0.05, 0) is 24.1 Å². The van der Waals surface area contributed by atoms with Crippen LogP contribution in [0.2, 0.25) is 0 Å². The smallest absolute Gasteiger partial charge is 0.328 e. The Hall–Kier alpha value is -3.92. The van der Waals surface area contributed by atoms with Crippen molar-refractivity contribution in [2.75, 3.05) is 5.75 Å². The Morgan fingerprint density at radius 2 is 1.63 bits per heavy atom. The second kappa shape index (κ2) is 9.38. The van der Waals surface area contributed by atoms with Gasteiger partial charge < -0.3 is 4.57 Å². The van der Waals surface area contributed by atoms with E-state index < -0.39 is 5.69 Å². The maximum Gasteiger partial charge on any atom is 0.332 e. The molecule has 9 nitrogen and oxygen atoms in total. The number of rotatable bonds is 7. The van der Waals surface area contributed by atoms with Crippen LogP contribution in [0.4, 0.5) is 0 Å². The lowest BCUT2D eigenvalue weighted by Gasteiger charge is -2.13. The van der Waals surface area contributed by atoms with E-state index >= 15 is 0 Å². The summed E-state index contributed by atoms with van der Waals surface area (Å²) in [5.74, 6) is 0.582. The Balaban J connectivity index is 1.41. The van der Waals surface area contributed by atoms with E-state index in [2.05, 4.69) is 4.98 Å². The number of hydrogen-bond acceptors (Lipinski definition) is 6. The first-order chi connectivity index (χ1) is 17.0. The van der Waals surface area contributed by atoms with Crippen molar-refractivity contribution in [1.82, 2.24) is 28.2 Å². The van der Waals surface area contributed by atoms with Gasteiger partial charge in [0.25, 0.3) is 11.1 Å². The minimum Gasteiger partial charge on any atom is -0.328 e. The molecule has 178 valence electrons. The van der Waals surface area contributed by atoms with E-state index in [1.807, 2.05) is 48.5 Å². The molecule has 0 aliphatic carbocycles. The number of aromatic nitrogens is 6. The normalized spacial score (nSPS) is 11.5. The fourth-order valence-electron chi connectivity index (χ4n) is 4.14. The van der Waals surface area contributed by atoms with E-state index in [9.17, 15) is 14.4 Å². The van der Waals surface area contributed by atoms with E-state index in [1.54, 1.807) is 29.3 Å². The van der Waals surface area contributed by atoms with E-state index in [0.29, 0.717) is 45.9 Å². The Labute approximate surface area is 204 Å². The standard InChI is InChI=1S/C25H24N6O3S/c1-28-16-26-21-20(28)23(33)30(25(34)29(21)2)13-8-14-35-24-27-19-12-7-6-11-18(19)22(32)31(24)15-17-9-4-3-5-10-17/h3-7,9-12,16H,8,13-15H2,1-2H3. The third-order valence-electron chi connectivity index (χ3n) is 5.97. The highest BCUT2D eigenvalue weighted by atomic mass is 32.2. The van der Waals surface area contributed by atoms with Gasteiger partial charge in [-0.25, -0.2) is 14.8 Å². The summed E-state index contributed by atoms with van der Waals surface area (Å²) in [6.07, 6.45) is 2.08. The van der Waals surface area contributed by atoms with Crippen molar-refractivity contribution in [3.05, 3.63) is 97.7 Å². The third-order valence-corrected chi connectivity index (χ3v) is 7.03. The number of nitrogens with zero attached hydrogens (tertiary/aromatic N) is 6. The topological polar surface area (TPSA) is 96.7 Å². The van der Waals surface area contributed by atoms with Gasteiger partial charge in [0.05, 0.1) is 23.8 Å². The minimum atomic E-state index is -0.393. The summed E-state index contributed by atoms with van der Waals surface area (Å²) >= 11 is 1.45. The van der Waals surface area contributed by atoms with Crippen LogP contribution in [0.15, 0.2) is 80.5 Å². The average molecular weight is 489 g/mol. The second-order valence-corrected chi connectivity index (χ2v) is 9.38. The molecule has 10 heteroatoms. The molecule has 0 aliphatic heterocycles. The fraction of sp³-hybridized carbons (Fsp3) is 0.240. The lowest BCUT2D eigenvalue weighted by Crippen LogP contribution is -2.39. The molecule has 0 radical (unpaired) electrons. The SMILES string of the molecule is Cn1cnc2c1c(=O)n(CCCSc1nc3ccccc3c(=O)n1Cc1ccccc1)c(=O)n2C. The molecule has 35 heavy (non-hydrogen) atoms. The van der Waals surface area contributed by atoms with Gasteiger partial charge in [-0.15, -0.1) is 0 Å². The molecule has 3 heterocycles. The van der Waals surface area contributed by atoms with Crippen LogP contribution in [-0.4, -0.2) is 34.0 Å². The summed E-state index contributed by atoms with van der Waals surface area (Å²) in [6.45, 7) is 0.674. The van der Waals surface area contributed by atoms with E-state index in [0.717, 1.165) is 5.56 Å². The fourth-order valence-corrected chi connectivity index (χ4v) is 5.07. The van der Waals surface area contributed by atoms with Crippen molar-refractivity contribution in [2.45, 2.75) is 24.7 Å². The van der Waals surface area contributed by atoms with Gasteiger partial charge in [-0.3, -0.25) is 23.3 Å². The van der Waals surface area contributed by atoms with Crippen LogP contribution in [0.3, 0.4) is 0 Å². The third kappa shape index (κ3) is 4.21. The number of thioether (sulfide) groups is 1. The van der Waals surface area contributed by atoms with Crippen LogP contribution in [0.25, 0.3) is 22.1 Å². The molecule has 0 aliphatic rings. The maximum absolute atomic E-state index is 13.3. The largest absolute Gasteiger partial charge is 0.332 e. The average Bonchev–Trinajstić information content (AvgIpc) is 3.26. The van der Waals surface area contributed by atoms with Crippen molar-refractivity contribution in [3.8, 4) is 0 Å². The molecule has 0 N–H and O–H groups in total. The van der Waals surface area contributed by atoms with E-state index in [1.165, 1.54) is 27.2 Å². The van der Waals surface area contributed by atoms with Gasteiger partial charge in [-0.2, -0.15) is 0 Å². The van der Waals surface area contributed by atoms with Crippen LogP contribution in [0, 0.1) is 0 Å². The van der Waals surface area contributed by atoms with Crippen molar-refractivity contribution < 1.29 is 0 Å². The van der Waals surface area contributed by atoms with E-state index in [-0.39, 0.29) is 17.7 Å². The summed E-state index contributed by atoms with van der Waals surface area (Å²) in [5.41, 5.74) is 1.60.